The summed E-state index contributed by atoms with van der Waals surface area (Å²) in [5.74, 6) is 1.19. The zero-order chi connectivity index (χ0) is 18.5. The van der Waals surface area contributed by atoms with Gasteiger partial charge in [-0.15, -0.1) is 10.2 Å². The summed E-state index contributed by atoms with van der Waals surface area (Å²) in [6.07, 6.45) is 0. The molecular formula is C18H16Cl2N4OS. The molecule has 0 fully saturated rings. The standard InChI is InChI=1S/C18H16Cl2N4OS/c1-24-16(10-21-17(25)12-5-3-2-4-6-12)22-23-18(24)26-11-13-7-8-14(19)9-15(13)20/h2-9H,10-11H2,1H3,(H,21,25). The molecule has 0 aliphatic carbocycles. The van der Waals surface area contributed by atoms with E-state index in [0.29, 0.717) is 33.7 Å². The van der Waals surface area contributed by atoms with Crippen molar-refractivity contribution in [2.45, 2.75) is 17.5 Å². The summed E-state index contributed by atoms with van der Waals surface area (Å²) in [5.41, 5.74) is 1.59. The molecule has 0 spiro atoms. The molecule has 3 rings (SSSR count). The zero-order valence-corrected chi connectivity index (χ0v) is 16.3. The van der Waals surface area contributed by atoms with Crippen LogP contribution in [0.15, 0.2) is 53.7 Å². The van der Waals surface area contributed by atoms with Crippen molar-refractivity contribution < 1.29 is 4.79 Å². The smallest absolute Gasteiger partial charge is 0.251 e. The van der Waals surface area contributed by atoms with Crippen LogP contribution in [0, 0.1) is 0 Å². The highest BCUT2D eigenvalue weighted by atomic mass is 35.5. The molecule has 1 N–H and O–H groups in total. The van der Waals surface area contributed by atoms with Crippen LogP contribution in [0.25, 0.3) is 0 Å². The molecule has 26 heavy (non-hydrogen) atoms. The van der Waals surface area contributed by atoms with Crippen LogP contribution < -0.4 is 5.32 Å². The molecule has 0 saturated carbocycles. The first-order chi connectivity index (χ1) is 12.5. The van der Waals surface area contributed by atoms with Gasteiger partial charge in [0.05, 0.1) is 6.54 Å². The molecule has 0 aliphatic rings. The van der Waals surface area contributed by atoms with Crippen molar-refractivity contribution in [2.75, 3.05) is 0 Å². The number of halogens is 2. The van der Waals surface area contributed by atoms with E-state index in [1.807, 2.05) is 41.9 Å². The van der Waals surface area contributed by atoms with Gasteiger partial charge >= 0.3 is 0 Å². The molecule has 5 nitrogen and oxygen atoms in total. The van der Waals surface area contributed by atoms with E-state index in [2.05, 4.69) is 15.5 Å². The fourth-order valence-corrected chi connectivity index (χ4v) is 3.75. The Bertz CT molecular complexity index is 915. The van der Waals surface area contributed by atoms with Crippen molar-refractivity contribution in [3.05, 3.63) is 75.5 Å². The van der Waals surface area contributed by atoms with Gasteiger partial charge < -0.3 is 9.88 Å². The minimum Gasteiger partial charge on any atom is -0.345 e. The molecule has 8 heteroatoms. The number of carbonyl (C=O) groups is 1. The number of thioether (sulfide) groups is 1. The fourth-order valence-electron chi connectivity index (χ4n) is 2.26. The van der Waals surface area contributed by atoms with E-state index >= 15 is 0 Å². The van der Waals surface area contributed by atoms with Gasteiger partial charge in [0.25, 0.3) is 5.91 Å². The molecule has 3 aromatic rings. The van der Waals surface area contributed by atoms with Crippen LogP contribution in [0.3, 0.4) is 0 Å². The highest BCUT2D eigenvalue weighted by Crippen LogP contribution is 2.27. The maximum atomic E-state index is 12.1. The van der Waals surface area contributed by atoms with Crippen molar-refractivity contribution in [1.29, 1.82) is 0 Å². The predicted octanol–water partition coefficient (Wildman–Crippen LogP) is 4.34. The summed E-state index contributed by atoms with van der Waals surface area (Å²) < 4.78 is 1.86. The summed E-state index contributed by atoms with van der Waals surface area (Å²) in [4.78, 5) is 12.1. The average Bonchev–Trinajstić information content (AvgIpc) is 2.99. The number of hydrogen-bond acceptors (Lipinski definition) is 4. The molecule has 1 heterocycles. The number of rotatable bonds is 6. The average molecular weight is 407 g/mol. The Kier molecular flexibility index (Phi) is 6.19. The first-order valence-electron chi connectivity index (χ1n) is 7.83. The molecule has 134 valence electrons. The van der Waals surface area contributed by atoms with Gasteiger partial charge in [-0.3, -0.25) is 4.79 Å². The first-order valence-corrected chi connectivity index (χ1v) is 9.57. The van der Waals surface area contributed by atoms with Crippen LogP contribution in [0.5, 0.6) is 0 Å². The second kappa shape index (κ2) is 8.58. The second-order valence-corrected chi connectivity index (χ2v) is 7.32. The molecule has 0 atom stereocenters. The number of benzene rings is 2. The summed E-state index contributed by atoms with van der Waals surface area (Å²) in [6, 6.07) is 14.5. The third-order valence-corrected chi connectivity index (χ3v) is 5.40. The monoisotopic (exact) mass is 406 g/mol. The normalized spacial score (nSPS) is 10.7. The molecule has 1 aromatic heterocycles. The van der Waals surface area contributed by atoms with E-state index in [9.17, 15) is 4.79 Å². The highest BCUT2D eigenvalue weighted by Gasteiger charge is 2.12. The van der Waals surface area contributed by atoms with Gasteiger partial charge in [0.1, 0.15) is 0 Å². The Morgan fingerprint density at radius 3 is 2.65 bits per heavy atom. The molecular weight excluding hydrogens is 391 g/mol. The maximum Gasteiger partial charge on any atom is 0.251 e. The molecule has 0 bridgehead atoms. The van der Waals surface area contributed by atoms with E-state index in [1.54, 1.807) is 18.2 Å². The number of aromatic nitrogens is 3. The summed E-state index contributed by atoms with van der Waals surface area (Å²) in [7, 11) is 1.87. The van der Waals surface area contributed by atoms with Crippen molar-refractivity contribution in [2.24, 2.45) is 7.05 Å². The Hall–Kier alpha value is -2.02. The van der Waals surface area contributed by atoms with E-state index in [0.717, 1.165) is 10.7 Å². The van der Waals surface area contributed by atoms with Crippen LogP contribution in [0.1, 0.15) is 21.7 Å². The van der Waals surface area contributed by atoms with Gasteiger partial charge in [0.2, 0.25) is 0 Å². The second-order valence-electron chi connectivity index (χ2n) is 5.53. The molecule has 0 radical (unpaired) electrons. The highest BCUT2D eigenvalue weighted by molar-refractivity contribution is 7.98. The minimum atomic E-state index is -0.143. The molecule has 1 amide bonds. The number of nitrogens with zero attached hydrogens (tertiary/aromatic N) is 3. The lowest BCUT2D eigenvalue weighted by Gasteiger charge is -2.07. The molecule has 2 aromatic carbocycles. The predicted molar refractivity (Wildman–Crippen MR) is 105 cm³/mol. The van der Waals surface area contributed by atoms with Gasteiger partial charge in [-0.05, 0) is 29.8 Å². The van der Waals surface area contributed by atoms with Crippen molar-refractivity contribution in [3.8, 4) is 0 Å². The van der Waals surface area contributed by atoms with Crippen LogP contribution in [-0.2, 0) is 19.3 Å². The maximum absolute atomic E-state index is 12.1. The topological polar surface area (TPSA) is 59.8 Å². The third kappa shape index (κ3) is 4.58. The Morgan fingerprint density at radius 2 is 1.92 bits per heavy atom. The number of carbonyl (C=O) groups excluding carboxylic acids is 1. The number of nitrogens with one attached hydrogen (secondary N) is 1. The van der Waals surface area contributed by atoms with Crippen molar-refractivity contribution in [1.82, 2.24) is 20.1 Å². The summed E-state index contributed by atoms with van der Waals surface area (Å²) in [5, 5.41) is 13.2. The fraction of sp³-hybridized carbons (Fsp3) is 0.167. The van der Waals surface area contributed by atoms with E-state index in [1.165, 1.54) is 11.8 Å². The van der Waals surface area contributed by atoms with Crippen LogP contribution in [0.2, 0.25) is 10.0 Å². The quantitative estimate of drug-likeness (QED) is 0.618. The van der Waals surface area contributed by atoms with Gasteiger partial charge in [-0.1, -0.05) is 59.2 Å². The van der Waals surface area contributed by atoms with Crippen LogP contribution in [0.4, 0.5) is 0 Å². The van der Waals surface area contributed by atoms with Crippen molar-refractivity contribution in [3.63, 3.8) is 0 Å². The SMILES string of the molecule is Cn1c(CNC(=O)c2ccccc2)nnc1SCc1ccc(Cl)cc1Cl. The van der Waals surface area contributed by atoms with E-state index < -0.39 is 0 Å². The third-order valence-electron chi connectivity index (χ3n) is 3.74. The Morgan fingerprint density at radius 1 is 1.15 bits per heavy atom. The number of amides is 1. The van der Waals surface area contributed by atoms with Crippen molar-refractivity contribution >= 4 is 40.9 Å². The van der Waals surface area contributed by atoms with Crippen LogP contribution >= 0.6 is 35.0 Å². The Balaban J connectivity index is 1.60. The van der Waals surface area contributed by atoms with Gasteiger partial charge in [0.15, 0.2) is 11.0 Å². The lowest BCUT2D eigenvalue weighted by molar-refractivity contribution is 0.0949. The summed E-state index contributed by atoms with van der Waals surface area (Å²) in [6.45, 7) is 0.305. The Labute approximate surface area is 165 Å². The molecule has 0 saturated heterocycles. The van der Waals surface area contributed by atoms with Gasteiger partial charge in [0, 0.05) is 28.4 Å². The first kappa shape index (κ1) is 18.8. The van der Waals surface area contributed by atoms with E-state index in [4.69, 9.17) is 23.2 Å². The lowest BCUT2D eigenvalue weighted by atomic mass is 10.2. The minimum absolute atomic E-state index is 0.143. The van der Waals surface area contributed by atoms with Crippen LogP contribution in [-0.4, -0.2) is 20.7 Å². The molecule has 0 aliphatic heterocycles. The number of hydrogen-bond donors (Lipinski definition) is 1. The van der Waals surface area contributed by atoms with E-state index in [-0.39, 0.29) is 5.91 Å². The summed E-state index contributed by atoms with van der Waals surface area (Å²) >= 11 is 13.6. The molecule has 0 unspecified atom stereocenters. The van der Waals surface area contributed by atoms with Gasteiger partial charge in [-0.2, -0.15) is 0 Å². The van der Waals surface area contributed by atoms with Gasteiger partial charge in [-0.25, -0.2) is 0 Å². The zero-order valence-electron chi connectivity index (χ0n) is 13.9. The lowest BCUT2D eigenvalue weighted by Crippen LogP contribution is -2.24. The largest absolute Gasteiger partial charge is 0.345 e.